The maximum absolute atomic E-state index is 12.2. The Balaban J connectivity index is 1.65. The fourth-order valence-electron chi connectivity index (χ4n) is 3.11. The minimum atomic E-state index is -1.33. The molecule has 1 atom stereocenters. The van der Waals surface area contributed by atoms with E-state index in [4.69, 9.17) is 4.74 Å². The number of nitrogens with one attached hydrogen (secondary N) is 2. The van der Waals surface area contributed by atoms with Crippen LogP contribution in [-0.2, 0) is 16.0 Å². The monoisotopic (exact) mass is 365 g/mol. The van der Waals surface area contributed by atoms with Gasteiger partial charge in [0.05, 0.1) is 12.0 Å². The fourth-order valence-corrected chi connectivity index (χ4v) is 3.11. The van der Waals surface area contributed by atoms with Gasteiger partial charge in [-0.05, 0) is 36.6 Å². The maximum atomic E-state index is 12.2. The van der Waals surface area contributed by atoms with Crippen LogP contribution in [0.15, 0.2) is 48.7 Å². The highest BCUT2D eigenvalue weighted by Crippen LogP contribution is 2.22. The number of H-pyrrole nitrogens is 1. The van der Waals surface area contributed by atoms with Crippen molar-refractivity contribution in [3.63, 3.8) is 0 Å². The summed E-state index contributed by atoms with van der Waals surface area (Å²) < 4.78 is 5.58. The molecule has 0 saturated carbocycles. The van der Waals surface area contributed by atoms with Crippen molar-refractivity contribution in [2.45, 2.75) is 26.3 Å². The first-order valence-corrected chi connectivity index (χ1v) is 8.70. The lowest BCUT2D eigenvalue weighted by atomic mass is 10.1. The van der Waals surface area contributed by atoms with Crippen LogP contribution >= 0.6 is 0 Å². The standard InChI is InChI=1S/C21H22N2O4/c1-13-6-5-7-14(2)20(13)27-12-19(24)23-18(21(25)26)10-15-11-22-17-9-4-3-8-16(15)17/h3-9,11,18,22H,10,12H2,1-2H3,(H,23,24)(H,25,26)/p-1/t18-/m0/s1. The van der Waals surface area contributed by atoms with E-state index in [1.165, 1.54) is 0 Å². The molecule has 2 N–H and O–H groups in total. The number of hydrogen-bond acceptors (Lipinski definition) is 4. The first-order chi connectivity index (χ1) is 13.0. The Morgan fingerprint density at radius 2 is 1.81 bits per heavy atom. The van der Waals surface area contributed by atoms with Crippen molar-refractivity contribution in [3.05, 3.63) is 65.4 Å². The summed E-state index contributed by atoms with van der Waals surface area (Å²) in [6, 6.07) is 12.1. The number of aliphatic carboxylic acids is 1. The highest BCUT2D eigenvalue weighted by molar-refractivity contribution is 5.86. The smallest absolute Gasteiger partial charge is 0.258 e. The second kappa shape index (κ2) is 7.95. The summed E-state index contributed by atoms with van der Waals surface area (Å²) >= 11 is 0. The number of carboxylic acids is 1. The van der Waals surface area contributed by atoms with Gasteiger partial charge < -0.3 is 24.9 Å². The van der Waals surface area contributed by atoms with Crippen LogP contribution in [0.25, 0.3) is 10.9 Å². The maximum Gasteiger partial charge on any atom is 0.258 e. The molecule has 27 heavy (non-hydrogen) atoms. The number of hydrogen-bond donors (Lipinski definition) is 2. The third kappa shape index (κ3) is 4.28. The first kappa shape index (κ1) is 18.5. The van der Waals surface area contributed by atoms with Crippen LogP contribution in [0.5, 0.6) is 5.75 Å². The zero-order chi connectivity index (χ0) is 19.4. The van der Waals surface area contributed by atoms with Crippen LogP contribution in [0.3, 0.4) is 0 Å². The van der Waals surface area contributed by atoms with Crippen LogP contribution in [-0.4, -0.2) is 29.5 Å². The molecule has 0 aliphatic carbocycles. The van der Waals surface area contributed by atoms with E-state index in [2.05, 4.69) is 10.3 Å². The largest absolute Gasteiger partial charge is 0.548 e. The van der Waals surface area contributed by atoms with Gasteiger partial charge >= 0.3 is 0 Å². The molecule has 2 aromatic carbocycles. The topological polar surface area (TPSA) is 94.2 Å². The second-order valence-corrected chi connectivity index (χ2v) is 6.51. The lowest BCUT2D eigenvalue weighted by Gasteiger charge is -2.20. The summed E-state index contributed by atoms with van der Waals surface area (Å²) in [5, 5.41) is 14.9. The van der Waals surface area contributed by atoms with Crippen LogP contribution in [0.4, 0.5) is 0 Å². The van der Waals surface area contributed by atoms with Gasteiger partial charge in [-0.25, -0.2) is 0 Å². The number of benzene rings is 2. The molecule has 0 radical (unpaired) electrons. The number of carboxylic acid groups (broad SMARTS) is 1. The van der Waals surface area contributed by atoms with Gasteiger partial charge in [0.2, 0.25) is 0 Å². The molecule has 0 saturated heterocycles. The number of ether oxygens (including phenoxy) is 1. The Morgan fingerprint density at radius 3 is 2.52 bits per heavy atom. The average molecular weight is 365 g/mol. The molecule has 0 aliphatic heterocycles. The van der Waals surface area contributed by atoms with Crippen molar-refractivity contribution in [1.82, 2.24) is 10.3 Å². The number of carbonyl (C=O) groups is 2. The summed E-state index contributed by atoms with van der Waals surface area (Å²) in [4.78, 5) is 26.8. The molecule has 1 amide bonds. The minimum Gasteiger partial charge on any atom is -0.548 e. The third-order valence-electron chi connectivity index (χ3n) is 4.48. The molecule has 0 spiro atoms. The Labute approximate surface area is 157 Å². The van der Waals surface area contributed by atoms with Crippen molar-refractivity contribution < 1.29 is 19.4 Å². The van der Waals surface area contributed by atoms with Crippen molar-refractivity contribution >= 4 is 22.8 Å². The molecule has 6 nitrogen and oxygen atoms in total. The number of aromatic nitrogens is 1. The van der Waals surface area contributed by atoms with Crippen molar-refractivity contribution in [1.29, 1.82) is 0 Å². The highest BCUT2D eigenvalue weighted by Gasteiger charge is 2.17. The molecule has 1 heterocycles. The lowest BCUT2D eigenvalue weighted by molar-refractivity contribution is -0.308. The molecule has 6 heteroatoms. The molecule has 3 rings (SSSR count). The Kier molecular flexibility index (Phi) is 5.45. The van der Waals surface area contributed by atoms with E-state index < -0.39 is 17.9 Å². The summed E-state index contributed by atoms with van der Waals surface area (Å²) in [5.41, 5.74) is 3.54. The molecule has 0 unspecified atom stereocenters. The van der Waals surface area contributed by atoms with Gasteiger partial charge in [-0.1, -0.05) is 36.4 Å². The molecular formula is C21H21N2O4-. The first-order valence-electron chi connectivity index (χ1n) is 8.70. The summed E-state index contributed by atoms with van der Waals surface area (Å²) in [5.74, 6) is -1.21. The number of fused-ring (bicyclic) bond motifs is 1. The van der Waals surface area contributed by atoms with Crippen LogP contribution in [0.2, 0.25) is 0 Å². The van der Waals surface area contributed by atoms with Gasteiger partial charge in [-0.2, -0.15) is 0 Å². The van der Waals surface area contributed by atoms with Crippen molar-refractivity contribution in [2.75, 3.05) is 6.61 Å². The zero-order valence-corrected chi connectivity index (χ0v) is 15.2. The summed E-state index contributed by atoms with van der Waals surface area (Å²) in [6.45, 7) is 3.52. The molecule has 1 aromatic heterocycles. The third-order valence-corrected chi connectivity index (χ3v) is 4.48. The highest BCUT2D eigenvalue weighted by atomic mass is 16.5. The SMILES string of the molecule is Cc1cccc(C)c1OCC(=O)N[C@@H](Cc1c[nH]c2ccccc12)C(=O)[O-]. The summed E-state index contributed by atoms with van der Waals surface area (Å²) in [6.07, 6.45) is 1.88. The number of carbonyl (C=O) groups excluding carboxylic acids is 2. The predicted molar refractivity (Wildman–Crippen MR) is 100 cm³/mol. The van der Waals surface area contributed by atoms with Gasteiger partial charge in [0.25, 0.3) is 5.91 Å². The van der Waals surface area contributed by atoms with Crippen LogP contribution in [0.1, 0.15) is 16.7 Å². The number of para-hydroxylation sites is 2. The van der Waals surface area contributed by atoms with Gasteiger partial charge in [0.15, 0.2) is 6.61 Å². The normalized spacial score (nSPS) is 11.9. The number of aryl methyl sites for hydroxylation is 2. The Bertz CT molecular complexity index is 957. The zero-order valence-electron chi connectivity index (χ0n) is 15.2. The fraction of sp³-hybridized carbons (Fsp3) is 0.238. The van der Waals surface area contributed by atoms with Crippen molar-refractivity contribution in [3.8, 4) is 5.75 Å². The quantitative estimate of drug-likeness (QED) is 0.665. The van der Waals surface area contributed by atoms with Crippen LogP contribution in [0, 0.1) is 13.8 Å². The Hall–Kier alpha value is -3.28. The van der Waals surface area contributed by atoms with Gasteiger partial charge in [0, 0.05) is 23.5 Å². The number of amides is 1. The van der Waals surface area contributed by atoms with E-state index in [1.807, 2.05) is 56.3 Å². The van der Waals surface area contributed by atoms with E-state index in [-0.39, 0.29) is 13.0 Å². The second-order valence-electron chi connectivity index (χ2n) is 6.51. The molecule has 0 aliphatic rings. The predicted octanol–water partition coefficient (Wildman–Crippen LogP) is 1.64. The van der Waals surface area contributed by atoms with E-state index in [0.29, 0.717) is 5.75 Å². The van der Waals surface area contributed by atoms with E-state index in [9.17, 15) is 14.7 Å². The van der Waals surface area contributed by atoms with E-state index >= 15 is 0 Å². The molecular weight excluding hydrogens is 344 g/mol. The van der Waals surface area contributed by atoms with E-state index in [0.717, 1.165) is 27.6 Å². The van der Waals surface area contributed by atoms with Gasteiger partial charge in [-0.3, -0.25) is 4.79 Å². The average Bonchev–Trinajstić information content (AvgIpc) is 3.04. The number of aromatic amines is 1. The Morgan fingerprint density at radius 1 is 1.11 bits per heavy atom. The number of rotatable bonds is 7. The van der Waals surface area contributed by atoms with Gasteiger partial charge in [-0.15, -0.1) is 0 Å². The molecule has 3 aromatic rings. The summed E-state index contributed by atoms with van der Waals surface area (Å²) in [7, 11) is 0. The van der Waals surface area contributed by atoms with E-state index in [1.54, 1.807) is 6.20 Å². The van der Waals surface area contributed by atoms with Crippen LogP contribution < -0.4 is 15.2 Å². The lowest BCUT2D eigenvalue weighted by Crippen LogP contribution is -2.50. The van der Waals surface area contributed by atoms with Crippen molar-refractivity contribution in [2.24, 2.45) is 0 Å². The molecule has 0 fully saturated rings. The minimum absolute atomic E-state index is 0.126. The van der Waals surface area contributed by atoms with Gasteiger partial charge in [0.1, 0.15) is 5.75 Å². The molecule has 0 bridgehead atoms. The molecule has 140 valence electrons.